The second-order valence-corrected chi connectivity index (χ2v) is 3.77. The first kappa shape index (κ1) is 9.93. The summed E-state index contributed by atoms with van der Waals surface area (Å²) < 4.78 is 0. The number of para-hydroxylation sites is 1. The van der Waals surface area contributed by atoms with Gasteiger partial charge in [0.2, 0.25) is 0 Å². The lowest BCUT2D eigenvalue weighted by Gasteiger charge is -2.08. The van der Waals surface area contributed by atoms with Gasteiger partial charge in [-0.2, -0.15) is 0 Å². The second-order valence-electron chi connectivity index (χ2n) is 3.77. The molecule has 0 saturated heterocycles. The number of anilines is 1. The van der Waals surface area contributed by atoms with E-state index in [9.17, 15) is 5.11 Å². The number of nitrogen functional groups attached to an aromatic ring is 1. The van der Waals surface area contributed by atoms with Crippen LogP contribution in [0.5, 0.6) is 0 Å². The van der Waals surface area contributed by atoms with Gasteiger partial charge in [0.15, 0.2) is 0 Å². The minimum atomic E-state index is -0.416. The van der Waals surface area contributed by atoms with E-state index >= 15 is 0 Å². The molecule has 0 saturated carbocycles. The van der Waals surface area contributed by atoms with Crippen LogP contribution in [-0.4, -0.2) is 16.2 Å². The average Bonchev–Trinajstić information content (AvgIpc) is 2.18. The van der Waals surface area contributed by atoms with Crippen molar-refractivity contribution in [3.8, 4) is 0 Å². The van der Waals surface area contributed by atoms with Crippen LogP contribution >= 0.6 is 0 Å². The molecule has 3 heteroatoms. The Kier molecular flexibility index (Phi) is 2.56. The predicted octanol–water partition coefficient (Wildman–Crippen LogP) is 1.74. The lowest BCUT2D eigenvalue weighted by Crippen LogP contribution is -2.08. The summed E-state index contributed by atoms with van der Waals surface area (Å²) in [5.74, 6) is 0. The highest BCUT2D eigenvalue weighted by Crippen LogP contribution is 2.19. The quantitative estimate of drug-likeness (QED) is 0.779. The number of pyridine rings is 1. The van der Waals surface area contributed by atoms with Crippen molar-refractivity contribution in [2.45, 2.75) is 19.4 Å². The molecule has 2 rings (SSSR count). The van der Waals surface area contributed by atoms with E-state index in [1.165, 1.54) is 0 Å². The third-order valence-electron chi connectivity index (χ3n) is 2.33. The normalized spacial score (nSPS) is 12.9. The van der Waals surface area contributed by atoms with Crippen molar-refractivity contribution < 1.29 is 5.11 Å². The Balaban J connectivity index is 2.52. The summed E-state index contributed by atoms with van der Waals surface area (Å²) in [6, 6.07) is 9.72. The van der Waals surface area contributed by atoms with Gasteiger partial charge in [-0.1, -0.05) is 18.2 Å². The number of nitrogens with two attached hydrogens (primary N) is 1. The Hall–Kier alpha value is -1.61. The fourth-order valence-electron chi connectivity index (χ4n) is 1.62. The molecule has 15 heavy (non-hydrogen) atoms. The summed E-state index contributed by atoms with van der Waals surface area (Å²) in [4.78, 5) is 4.43. The number of nitrogens with zero attached hydrogens (tertiary/aromatic N) is 1. The van der Waals surface area contributed by atoms with Gasteiger partial charge in [-0.3, -0.25) is 4.98 Å². The Morgan fingerprint density at radius 1 is 1.40 bits per heavy atom. The maximum atomic E-state index is 9.31. The van der Waals surface area contributed by atoms with Crippen molar-refractivity contribution in [1.82, 2.24) is 4.98 Å². The fraction of sp³-hybridized carbons (Fsp3) is 0.250. The zero-order chi connectivity index (χ0) is 10.8. The van der Waals surface area contributed by atoms with Gasteiger partial charge >= 0.3 is 0 Å². The van der Waals surface area contributed by atoms with E-state index in [2.05, 4.69) is 4.98 Å². The van der Waals surface area contributed by atoms with Gasteiger partial charge in [-0.05, 0) is 19.1 Å². The molecule has 1 heterocycles. The van der Waals surface area contributed by atoms with Crippen LogP contribution < -0.4 is 5.73 Å². The molecule has 3 N–H and O–H groups in total. The lowest BCUT2D eigenvalue weighted by molar-refractivity contribution is 0.194. The van der Waals surface area contributed by atoms with Gasteiger partial charge in [-0.15, -0.1) is 0 Å². The summed E-state index contributed by atoms with van der Waals surface area (Å²) in [5, 5.41) is 10.3. The molecule has 2 aromatic rings. The van der Waals surface area contributed by atoms with Crippen molar-refractivity contribution in [2.75, 3.05) is 5.73 Å². The van der Waals surface area contributed by atoms with E-state index in [0.717, 1.165) is 16.6 Å². The highest BCUT2D eigenvalue weighted by Gasteiger charge is 2.06. The van der Waals surface area contributed by atoms with Crippen molar-refractivity contribution in [3.63, 3.8) is 0 Å². The first-order valence-corrected chi connectivity index (χ1v) is 4.99. The number of hydrogen-bond acceptors (Lipinski definition) is 3. The largest absolute Gasteiger partial charge is 0.397 e. The second kappa shape index (κ2) is 3.87. The zero-order valence-corrected chi connectivity index (χ0v) is 8.64. The van der Waals surface area contributed by atoms with Crippen LogP contribution in [0.25, 0.3) is 10.9 Å². The monoisotopic (exact) mass is 202 g/mol. The molecule has 1 atom stereocenters. The third-order valence-corrected chi connectivity index (χ3v) is 2.33. The van der Waals surface area contributed by atoms with Crippen LogP contribution in [0.1, 0.15) is 12.6 Å². The van der Waals surface area contributed by atoms with Gasteiger partial charge in [0.1, 0.15) is 0 Å². The van der Waals surface area contributed by atoms with Gasteiger partial charge in [-0.25, -0.2) is 0 Å². The highest BCUT2D eigenvalue weighted by molar-refractivity contribution is 5.82. The summed E-state index contributed by atoms with van der Waals surface area (Å²) in [5.41, 5.74) is 8.20. The minimum Gasteiger partial charge on any atom is -0.397 e. The molecule has 78 valence electrons. The topological polar surface area (TPSA) is 59.1 Å². The number of rotatable bonds is 2. The Bertz CT molecular complexity index is 480. The standard InChI is InChI=1S/C12H14N2O/c1-8(15)6-12-10(13)7-9-4-2-3-5-11(9)14-12/h2-5,7-8,15H,6,13H2,1H3. The molecule has 1 aromatic heterocycles. The van der Waals surface area contributed by atoms with Crippen molar-refractivity contribution in [3.05, 3.63) is 36.0 Å². The molecule has 0 aliphatic carbocycles. The molecule has 0 radical (unpaired) electrons. The Labute approximate surface area is 88.6 Å². The Morgan fingerprint density at radius 3 is 2.87 bits per heavy atom. The van der Waals surface area contributed by atoms with E-state index < -0.39 is 6.10 Å². The van der Waals surface area contributed by atoms with Crippen molar-refractivity contribution in [2.24, 2.45) is 0 Å². The molecule has 1 aromatic carbocycles. The number of aliphatic hydroxyl groups excluding tert-OH is 1. The third kappa shape index (κ3) is 2.07. The number of fused-ring (bicyclic) bond motifs is 1. The fourth-order valence-corrected chi connectivity index (χ4v) is 1.62. The van der Waals surface area contributed by atoms with E-state index in [-0.39, 0.29) is 0 Å². The van der Waals surface area contributed by atoms with Gasteiger partial charge < -0.3 is 10.8 Å². The number of aromatic nitrogens is 1. The number of hydrogen-bond donors (Lipinski definition) is 2. The smallest absolute Gasteiger partial charge is 0.0706 e. The van der Waals surface area contributed by atoms with E-state index in [0.29, 0.717) is 12.1 Å². The first-order chi connectivity index (χ1) is 7.16. The molecule has 0 aliphatic rings. The molecular weight excluding hydrogens is 188 g/mol. The first-order valence-electron chi connectivity index (χ1n) is 4.99. The lowest BCUT2D eigenvalue weighted by atomic mass is 10.1. The van der Waals surface area contributed by atoms with E-state index in [1.807, 2.05) is 30.3 Å². The van der Waals surface area contributed by atoms with Crippen LogP contribution in [0.15, 0.2) is 30.3 Å². The summed E-state index contributed by atoms with van der Waals surface area (Å²) in [7, 11) is 0. The minimum absolute atomic E-state index is 0.416. The molecule has 1 unspecified atom stereocenters. The molecule has 3 nitrogen and oxygen atoms in total. The van der Waals surface area contributed by atoms with Crippen molar-refractivity contribution in [1.29, 1.82) is 0 Å². The van der Waals surface area contributed by atoms with E-state index in [1.54, 1.807) is 6.92 Å². The zero-order valence-electron chi connectivity index (χ0n) is 8.64. The SMILES string of the molecule is CC(O)Cc1nc2ccccc2cc1N. The van der Waals surface area contributed by atoms with Gasteiger partial charge in [0.05, 0.1) is 23.0 Å². The number of aliphatic hydroxyl groups is 1. The van der Waals surface area contributed by atoms with Crippen LogP contribution in [-0.2, 0) is 6.42 Å². The molecule has 0 spiro atoms. The van der Waals surface area contributed by atoms with Crippen LogP contribution in [0.4, 0.5) is 5.69 Å². The number of benzene rings is 1. The summed E-state index contributed by atoms with van der Waals surface area (Å²) in [6.45, 7) is 1.73. The highest BCUT2D eigenvalue weighted by atomic mass is 16.3. The average molecular weight is 202 g/mol. The van der Waals surface area contributed by atoms with Crippen molar-refractivity contribution >= 4 is 16.6 Å². The predicted molar refractivity (Wildman–Crippen MR) is 61.5 cm³/mol. The van der Waals surface area contributed by atoms with Gasteiger partial charge in [0, 0.05) is 11.8 Å². The van der Waals surface area contributed by atoms with Crippen LogP contribution in [0.2, 0.25) is 0 Å². The molecule has 0 bridgehead atoms. The van der Waals surface area contributed by atoms with E-state index in [4.69, 9.17) is 5.73 Å². The molecular formula is C12H14N2O. The van der Waals surface area contributed by atoms with Crippen LogP contribution in [0, 0.1) is 0 Å². The summed E-state index contributed by atoms with van der Waals surface area (Å²) in [6.07, 6.45) is 0.0809. The molecule has 0 aliphatic heterocycles. The maximum absolute atomic E-state index is 9.31. The van der Waals surface area contributed by atoms with Gasteiger partial charge in [0.25, 0.3) is 0 Å². The Morgan fingerprint density at radius 2 is 2.13 bits per heavy atom. The summed E-state index contributed by atoms with van der Waals surface area (Å²) >= 11 is 0. The molecule has 0 fully saturated rings. The maximum Gasteiger partial charge on any atom is 0.0706 e. The van der Waals surface area contributed by atoms with Crippen LogP contribution in [0.3, 0.4) is 0 Å². The molecule has 0 amide bonds.